The zero-order chi connectivity index (χ0) is 8.98. The van der Waals surface area contributed by atoms with Gasteiger partial charge in [-0.05, 0) is 48.3 Å². The first kappa shape index (κ1) is 8.59. The number of rotatable bonds is 1. The third-order valence-electron chi connectivity index (χ3n) is 5.14. The average Bonchev–Trinajstić information content (AvgIpc) is 2.34. The molecule has 0 aliphatic heterocycles. The molecule has 0 aromatic carbocycles. The van der Waals surface area contributed by atoms with E-state index in [1.807, 2.05) is 5.92 Å². The monoisotopic (exact) mass is 165 g/mol. The summed E-state index contributed by atoms with van der Waals surface area (Å²) in [4.78, 5) is 0. The highest BCUT2D eigenvalue weighted by molar-refractivity contribution is 5.23. The van der Waals surface area contributed by atoms with Gasteiger partial charge in [-0.3, -0.25) is 0 Å². The Labute approximate surface area is 76.7 Å². The highest BCUT2D eigenvalue weighted by Crippen LogP contribution is 2.69. The molecule has 0 nitrogen and oxygen atoms in total. The third-order valence-corrected chi connectivity index (χ3v) is 5.14. The molecule has 1 radical (unpaired) electrons. The first-order valence-corrected chi connectivity index (χ1v) is 5.37. The van der Waals surface area contributed by atoms with Crippen LogP contribution in [0.3, 0.4) is 0 Å². The molecule has 2 bridgehead atoms. The molecular formula is C12H21. The highest BCUT2D eigenvalue weighted by atomic mass is 14.6. The Morgan fingerprint density at radius 2 is 2.00 bits per heavy atom. The number of fused-ring (bicyclic) bond motifs is 2. The molecule has 0 N–H and O–H groups in total. The van der Waals surface area contributed by atoms with E-state index in [-0.39, 0.29) is 0 Å². The standard InChI is InChI=1S/C12H21/c1-5-9-8-10-6-7-12(9,4)11(10,2)3/h10H,5-8H2,1-4H3. The van der Waals surface area contributed by atoms with Crippen LogP contribution in [-0.2, 0) is 0 Å². The largest absolute Gasteiger partial charge is 0.0648 e. The quantitative estimate of drug-likeness (QED) is 0.554. The van der Waals surface area contributed by atoms with E-state index >= 15 is 0 Å². The lowest BCUT2D eigenvalue weighted by Gasteiger charge is -2.38. The summed E-state index contributed by atoms with van der Waals surface area (Å²) in [5.74, 6) is 2.85. The van der Waals surface area contributed by atoms with Crippen molar-refractivity contribution >= 4 is 0 Å². The van der Waals surface area contributed by atoms with Crippen molar-refractivity contribution in [2.75, 3.05) is 0 Å². The van der Waals surface area contributed by atoms with E-state index in [1.165, 1.54) is 25.7 Å². The minimum Gasteiger partial charge on any atom is -0.0648 e. The third kappa shape index (κ3) is 0.744. The van der Waals surface area contributed by atoms with Crippen LogP contribution in [0.25, 0.3) is 0 Å². The van der Waals surface area contributed by atoms with Crippen molar-refractivity contribution in [3.05, 3.63) is 5.92 Å². The Kier molecular flexibility index (Phi) is 1.63. The lowest BCUT2D eigenvalue weighted by atomic mass is 9.66. The van der Waals surface area contributed by atoms with Gasteiger partial charge in [-0.2, -0.15) is 0 Å². The van der Waals surface area contributed by atoms with Crippen LogP contribution in [0, 0.1) is 22.7 Å². The minimum atomic E-state index is 0.590. The predicted octanol–water partition coefficient (Wildman–Crippen LogP) is 3.82. The molecule has 2 atom stereocenters. The van der Waals surface area contributed by atoms with Crippen LogP contribution in [0.5, 0.6) is 0 Å². The molecule has 0 heterocycles. The Morgan fingerprint density at radius 3 is 2.25 bits per heavy atom. The van der Waals surface area contributed by atoms with Gasteiger partial charge in [0, 0.05) is 0 Å². The summed E-state index contributed by atoms with van der Waals surface area (Å²) in [5.41, 5.74) is 1.19. The molecule has 12 heavy (non-hydrogen) atoms. The summed E-state index contributed by atoms with van der Waals surface area (Å²) in [7, 11) is 0. The van der Waals surface area contributed by atoms with Crippen molar-refractivity contribution in [2.45, 2.75) is 53.4 Å². The van der Waals surface area contributed by atoms with E-state index in [9.17, 15) is 0 Å². The Hall–Kier alpha value is 0. The van der Waals surface area contributed by atoms with Gasteiger partial charge >= 0.3 is 0 Å². The van der Waals surface area contributed by atoms with Crippen molar-refractivity contribution in [2.24, 2.45) is 16.7 Å². The summed E-state index contributed by atoms with van der Waals surface area (Å²) in [6, 6.07) is 0. The van der Waals surface area contributed by atoms with Gasteiger partial charge in [-0.25, -0.2) is 0 Å². The Bertz CT molecular complexity index is 192. The maximum atomic E-state index is 2.50. The molecule has 0 aromatic rings. The van der Waals surface area contributed by atoms with Crippen molar-refractivity contribution in [1.29, 1.82) is 0 Å². The Balaban J connectivity index is 2.33. The maximum Gasteiger partial charge on any atom is -0.0176 e. The van der Waals surface area contributed by atoms with Gasteiger partial charge in [0.1, 0.15) is 0 Å². The SMILES string of the molecule is CC[C]1CC2CCC1(C)C2(C)C. The number of hydrogen-bond donors (Lipinski definition) is 0. The molecule has 69 valence electrons. The molecule has 2 aliphatic rings. The van der Waals surface area contributed by atoms with Crippen LogP contribution in [-0.4, -0.2) is 0 Å². The fourth-order valence-corrected chi connectivity index (χ4v) is 3.64. The smallest absolute Gasteiger partial charge is 0.0176 e. The van der Waals surface area contributed by atoms with E-state index < -0.39 is 0 Å². The second kappa shape index (κ2) is 2.27. The van der Waals surface area contributed by atoms with Crippen molar-refractivity contribution in [3.8, 4) is 0 Å². The van der Waals surface area contributed by atoms with E-state index in [0.29, 0.717) is 10.8 Å². The fourth-order valence-electron chi connectivity index (χ4n) is 3.64. The molecule has 0 aromatic heterocycles. The zero-order valence-electron chi connectivity index (χ0n) is 8.91. The molecule has 2 unspecified atom stereocenters. The molecular weight excluding hydrogens is 144 g/mol. The summed E-state index contributed by atoms with van der Waals surface area (Å²) in [6.07, 6.45) is 5.68. The second-order valence-corrected chi connectivity index (χ2v) is 5.45. The van der Waals surface area contributed by atoms with Gasteiger partial charge in [-0.15, -0.1) is 0 Å². The first-order chi connectivity index (χ1) is 5.52. The summed E-state index contributed by atoms with van der Waals surface area (Å²) < 4.78 is 0. The molecule has 2 aliphatic carbocycles. The topological polar surface area (TPSA) is 0 Å². The van der Waals surface area contributed by atoms with Gasteiger partial charge in [-0.1, -0.05) is 27.7 Å². The van der Waals surface area contributed by atoms with E-state index in [4.69, 9.17) is 0 Å². The van der Waals surface area contributed by atoms with Gasteiger partial charge in [0.05, 0.1) is 0 Å². The van der Waals surface area contributed by atoms with Crippen molar-refractivity contribution in [1.82, 2.24) is 0 Å². The van der Waals surface area contributed by atoms with Crippen molar-refractivity contribution in [3.63, 3.8) is 0 Å². The van der Waals surface area contributed by atoms with Crippen molar-refractivity contribution < 1.29 is 0 Å². The predicted molar refractivity (Wildman–Crippen MR) is 52.8 cm³/mol. The molecule has 0 saturated heterocycles. The Morgan fingerprint density at radius 1 is 1.33 bits per heavy atom. The van der Waals surface area contributed by atoms with Gasteiger partial charge in [0.15, 0.2) is 0 Å². The molecule has 2 saturated carbocycles. The second-order valence-electron chi connectivity index (χ2n) is 5.45. The molecule has 0 heteroatoms. The van der Waals surface area contributed by atoms with E-state index in [0.717, 1.165) is 5.92 Å². The first-order valence-electron chi connectivity index (χ1n) is 5.37. The summed E-state index contributed by atoms with van der Waals surface area (Å²) >= 11 is 0. The minimum absolute atomic E-state index is 0.590. The van der Waals surface area contributed by atoms with Gasteiger partial charge in [0.2, 0.25) is 0 Å². The molecule has 0 amide bonds. The number of hydrogen-bond acceptors (Lipinski definition) is 0. The molecule has 2 fully saturated rings. The summed E-state index contributed by atoms with van der Waals surface area (Å²) in [5, 5.41) is 0. The summed E-state index contributed by atoms with van der Waals surface area (Å²) in [6.45, 7) is 9.79. The fraction of sp³-hybridized carbons (Fsp3) is 0.917. The lowest BCUT2D eigenvalue weighted by molar-refractivity contribution is 0.162. The molecule has 0 spiro atoms. The zero-order valence-corrected chi connectivity index (χ0v) is 8.91. The van der Waals surface area contributed by atoms with Gasteiger partial charge in [0.25, 0.3) is 0 Å². The lowest BCUT2D eigenvalue weighted by Crippen LogP contribution is -2.30. The molecule has 2 rings (SSSR count). The highest BCUT2D eigenvalue weighted by Gasteiger charge is 2.60. The van der Waals surface area contributed by atoms with Crippen LogP contribution in [0.4, 0.5) is 0 Å². The van der Waals surface area contributed by atoms with E-state index in [2.05, 4.69) is 27.7 Å². The normalized spacial score (nSPS) is 45.5. The maximum absolute atomic E-state index is 2.50. The van der Waals surface area contributed by atoms with Crippen LogP contribution in [0.1, 0.15) is 53.4 Å². The van der Waals surface area contributed by atoms with Crippen LogP contribution in [0.2, 0.25) is 0 Å². The van der Waals surface area contributed by atoms with Crippen LogP contribution in [0.15, 0.2) is 0 Å². The van der Waals surface area contributed by atoms with E-state index in [1.54, 1.807) is 0 Å². The van der Waals surface area contributed by atoms with Gasteiger partial charge < -0.3 is 0 Å². The van der Waals surface area contributed by atoms with Crippen LogP contribution >= 0.6 is 0 Å². The van der Waals surface area contributed by atoms with Crippen LogP contribution < -0.4 is 0 Å². The average molecular weight is 165 g/mol.